The average molecular weight is 237 g/mol. The second kappa shape index (κ2) is 3.30. The molecule has 2 heterocycles. The summed E-state index contributed by atoms with van der Waals surface area (Å²) in [6.45, 7) is 0. The molecule has 82 valence electrons. The second-order valence-corrected chi connectivity index (χ2v) is 4.26. The van der Waals surface area contributed by atoms with E-state index in [1.54, 1.807) is 18.2 Å². The van der Waals surface area contributed by atoms with Crippen molar-refractivity contribution in [3.63, 3.8) is 0 Å². The summed E-state index contributed by atoms with van der Waals surface area (Å²) in [4.78, 5) is 16.5. The fourth-order valence-corrected chi connectivity index (χ4v) is 2.37. The number of hydrogen-bond donors (Lipinski definition) is 1. The first-order valence-corrected chi connectivity index (χ1v) is 5.44. The molecule has 4 nitrogen and oxygen atoms in total. The second-order valence-electron chi connectivity index (χ2n) is 3.86. The average Bonchev–Trinajstić information content (AvgIpc) is 2.60. The number of hydrogen-bond acceptors (Lipinski definition) is 3. The first-order valence-electron chi connectivity index (χ1n) is 5.06. The van der Waals surface area contributed by atoms with Crippen LogP contribution in [0.5, 0.6) is 0 Å². The van der Waals surface area contributed by atoms with Crippen LogP contribution in [0.15, 0.2) is 23.0 Å². The number of aromatic nitrogens is 2. The molecule has 1 unspecified atom stereocenters. The van der Waals surface area contributed by atoms with Crippen LogP contribution >= 0.6 is 11.6 Å². The molecule has 5 heteroatoms. The van der Waals surface area contributed by atoms with Gasteiger partial charge >= 0.3 is 0 Å². The Morgan fingerprint density at radius 1 is 1.50 bits per heavy atom. The van der Waals surface area contributed by atoms with Crippen molar-refractivity contribution in [2.45, 2.75) is 19.1 Å². The van der Waals surface area contributed by atoms with E-state index in [9.17, 15) is 9.90 Å². The van der Waals surface area contributed by atoms with E-state index in [0.29, 0.717) is 34.6 Å². The van der Waals surface area contributed by atoms with Crippen molar-refractivity contribution in [3.8, 4) is 0 Å². The molecule has 0 saturated carbocycles. The Kier molecular flexibility index (Phi) is 2.02. The highest BCUT2D eigenvalue weighted by molar-refractivity contribution is 6.35. The zero-order valence-electron chi connectivity index (χ0n) is 8.35. The zero-order chi connectivity index (χ0) is 11.3. The Balaban J connectivity index is 2.50. The maximum Gasteiger partial charge on any atom is 0.265 e. The quantitative estimate of drug-likeness (QED) is 0.754. The Hall–Kier alpha value is -1.39. The van der Waals surface area contributed by atoms with E-state index in [4.69, 9.17) is 11.6 Å². The molecule has 1 aliphatic rings. The Morgan fingerprint density at radius 3 is 3.12 bits per heavy atom. The van der Waals surface area contributed by atoms with E-state index in [0.717, 1.165) is 0 Å². The summed E-state index contributed by atoms with van der Waals surface area (Å²) in [5, 5.41) is 10.5. The van der Waals surface area contributed by atoms with Gasteiger partial charge in [0.15, 0.2) is 0 Å². The summed E-state index contributed by atoms with van der Waals surface area (Å²) in [6, 6.07) is 5.18. The lowest BCUT2D eigenvalue weighted by Crippen LogP contribution is -2.24. The molecule has 0 spiro atoms. The molecule has 2 aromatic rings. The van der Waals surface area contributed by atoms with Gasteiger partial charge < -0.3 is 5.11 Å². The Bertz CT molecular complexity index is 636. The van der Waals surface area contributed by atoms with Gasteiger partial charge in [0, 0.05) is 6.42 Å². The Morgan fingerprint density at radius 2 is 2.31 bits per heavy atom. The summed E-state index contributed by atoms with van der Waals surface area (Å²) < 4.78 is 1.33. The highest BCUT2D eigenvalue weighted by atomic mass is 35.5. The molecule has 0 radical (unpaired) electrons. The maximum atomic E-state index is 12.1. The van der Waals surface area contributed by atoms with Crippen LogP contribution in [0.1, 0.15) is 18.5 Å². The predicted octanol–water partition coefficient (Wildman–Crippen LogP) is 1.49. The van der Waals surface area contributed by atoms with E-state index < -0.39 is 6.23 Å². The molecular formula is C11H9ClN2O2. The highest BCUT2D eigenvalue weighted by Crippen LogP contribution is 2.24. The van der Waals surface area contributed by atoms with E-state index in [-0.39, 0.29) is 5.56 Å². The van der Waals surface area contributed by atoms with Gasteiger partial charge in [0.1, 0.15) is 12.1 Å². The molecule has 0 amide bonds. The van der Waals surface area contributed by atoms with Crippen molar-refractivity contribution in [1.29, 1.82) is 0 Å². The first kappa shape index (κ1) is 9.81. The van der Waals surface area contributed by atoms with Gasteiger partial charge in [-0.3, -0.25) is 9.36 Å². The molecule has 16 heavy (non-hydrogen) atoms. The van der Waals surface area contributed by atoms with Gasteiger partial charge in [-0.1, -0.05) is 17.7 Å². The number of halogens is 1. The van der Waals surface area contributed by atoms with E-state index in [1.165, 1.54) is 4.57 Å². The van der Waals surface area contributed by atoms with Gasteiger partial charge in [0.05, 0.1) is 15.9 Å². The summed E-state index contributed by atoms with van der Waals surface area (Å²) >= 11 is 5.98. The van der Waals surface area contributed by atoms with Gasteiger partial charge in [-0.25, -0.2) is 4.98 Å². The molecule has 1 atom stereocenters. The van der Waals surface area contributed by atoms with Crippen LogP contribution in [0, 0.1) is 0 Å². The van der Waals surface area contributed by atoms with Crippen LogP contribution in [0.4, 0.5) is 0 Å². The Labute approximate surface area is 96.1 Å². The monoisotopic (exact) mass is 236 g/mol. The van der Waals surface area contributed by atoms with Gasteiger partial charge in [0.2, 0.25) is 0 Å². The van der Waals surface area contributed by atoms with Crippen LogP contribution in [-0.4, -0.2) is 14.7 Å². The van der Waals surface area contributed by atoms with Gasteiger partial charge in [-0.15, -0.1) is 0 Å². The van der Waals surface area contributed by atoms with Crippen molar-refractivity contribution < 1.29 is 5.11 Å². The molecule has 0 aliphatic carbocycles. The van der Waals surface area contributed by atoms with Crippen LogP contribution in [0.25, 0.3) is 10.9 Å². The molecule has 0 fully saturated rings. The third-order valence-electron chi connectivity index (χ3n) is 2.88. The van der Waals surface area contributed by atoms with Gasteiger partial charge in [-0.05, 0) is 18.6 Å². The van der Waals surface area contributed by atoms with Crippen LogP contribution in [0.3, 0.4) is 0 Å². The molecule has 1 N–H and O–H groups in total. The number of fused-ring (bicyclic) bond motifs is 2. The molecule has 1 aliphatic heterocycles. The number of nitrogens with zero attached hydrogens (tertiary/aromatic N) is 2. The van der Waals surface area contributed by atoms with Crippen molar-refractivity contribution in [2.24, 2.45) is 0 Å². The first-order chi connectivity index (χ1) is 7.68. The topological polar surface area (TPSA) is 55.1 Å². The van der Waals surface area contributed by atoms with Gasteiger partial charge in [0.25, 0.3) is 5.56 Å². The predicted molar refractivity (Wildman–Crippen MR) is 60.6 cm³/mol. The normalized spacial score (nSPS) is 19.0. The van der Waals surface area contributed by atoms with Crippen LogP contribution in [-0.2, 0) is 6.42 Å². The standard InChI is InChI=1S/C11H9ClN2O2/c12-6-2-1-3-7-10(6)11(16)14-8(13-7)4-5-9(14)15/h1-3,9,15H,4-5H2. The molecule has 1 aromatic heterocycles. The summed E-state index contributed by atoms with van der Waals surface area (Å²) in [5.41, 5.74) is 0.341. The largest absolute Gasteiger partial charge is 0.373 e. The SMILES string of the molecule is O=c1c2c(Cl)cccc2nc2n1C(O)CC2. The van der Waals surface area contributed by atoms with Crippen molar-refractivity contribution >= 4 is 22.5 Å². The smallest absolute Gasteiger partial charge is 0.265 e. The van der Waals surface area contributed by atoms with Crippen molar-refractivity contribution in [2.75, 3.05) is 0 Å². The fraction of sp³-hybridized carbons (Fsp3) is 0.273. The van der Waals surface area contributed by atoms with E-state index in [2.05, 4.69) is 4.98 Å². The number of aliphatic hydroxyl groups is 1. The van der Waals surface area contributed by atoms with Crippen LogP contribution < -0.4 is 5.56 Å². The maximum absolute atomic E-state index is 12.1. The number of rotatable bonds is 0. The number of aliphatic hydroxyl groups excluding tert-OH is 1. The summed E-state index contributed by atoms with van der Waals surface area (Å²) in [5.74, 6) is 0.632. The highest BCUT2D eigenvalue weighted by Gasteiger charge is 2.24. The third-order valence-corrected chi connectivity index (χ3v) is 3.19. The number of benzene rings is 1. The zero-order valence-corrected chi connectivity index (χ0v) is 9.11. The van der Waals surface area contributed by atoms with Gasteiger partial charge in [-0.2, -0.15) is 0 Å². The van der Waals surface area contributed by atoms with Crippen molar-refractivity contribution in [1.82, 2.24) is 9.55 Å². The summed E-state index contributed by atoms with van der Waals surface area (Å²) in [7, 11) is 0. The molecule has 3 rings (SSSR count). The minimum absolute atomic E-state index is 0.254. The number of aryl methyl sites for hydroxylation is 1. The lowest BCUT2D eigenvalue weighted by molar-refractivity contribution is 0.110. The summed E-state index contributed by atoms with van der Waals surface area (Å²) in [6.07, 6.45) is 0.394. The lowest BCUT2D eigenvalue weighted by Gasteiger charge is -2.09. The van der Waals surface area contributed by atoms with E-state index >= 15 is 0 Å². The lowest BCUT2D eigenvalue weighted by atomic mass is 10.2. The molecule has 0 bridgehead atoms. The van der Waals surface area contributed by atoms with Crippen molar-refractivity contribution in [3.05, 3.63) is 39.4 Å². The molecular weight excluding hydrogens is 228 g/mol. The molecule has 0 saturated heterocycles. The minimum atomic E-state index is -0.768. The third kappa shape index (κ3) is 1.20. The fourth-order valence-electron chi connectivity index (χ4n) is 2.12. The van der Waals surface area contributed by atoms with E-state index in [1.807, 2.05) is 0 Å². The minimum Gasteiger partial charge on any atom is -0.373 e. The molecule has 1 aromatic carbocycles. The van der Waals surface area contributed by atoms with Crippen LogP contribution in [0.2, 0.25) is 5.02 Å².